The van der Waals surface area contributed by atoms with E-state index in [4.69, 9.17) is 0 Å². The van der Waals surface area contributed by atoms with Gasteiger partial charge >= 0.3 is 17.6 Å². The van der Waals surface area contributed by atoms with E-state index in [1.165, 1.54) is 0 Å². The molecular formula is C16H40GeN4. The van der Waals surface area contributed by atoms with Gasteiger partial charge in [0.2, 0.25) is 0 Å². The van der Waals surface area contributed by atoms with Crippen LogP contribution in [0, 0.1) is 0 Å². The third kappa shape index (κ3) is 98.0. The minimum atomic E-state index is 0. The van der Waals surface area contributed by atoms with Crippen LogP contribution in [0.5, 0.6) is 0 Å². The second kappa shape index (κ2) is 49.9. The standard InChI is InChI=1S/4C4H10N.Ge/c4*1-3-5-4-2;/h4*3-4H2,1-2H3;/q4*-1;+4. The first-order valence-electron chi connectivity index (χ1n) is 8.19. The molecule has 0 saturated carbocycles. The molecule has 0 aromatic rings. The van der Waals surface area contributed by atoms with E-state index in [9.17, 15) is 0 Å². The fourth-order valence-electron chi connectivity index (χ4n) is 0.894. The molecule has 0 aliphatic rings. The van der Waals surface area contributed by atoms with Gasteiger partial charge in [0.25, 0.3) is 0 Å². The molecule has 0 atom stereocenters. The van der Waals surface area contributed by atoms with Crippen LogP contribution in [0.3, 0.4) is 0 Å². The normalized spacial score (nSPS) is 8.00. The molecule has 0 N–H and O–H groups in total. The predicted molar refractivity (Wildman–Crippen MR) is 104 cm³/mol. The van der Waals surface area contributed by atoms with Crippen molar-refractivity contribution in [3.05, 3.63) is 21.3 Å². The molecule has 0 unspecified atom stereocenters. The summed E-state index contributed by atoms with van der Waals surface area (Å²) < 4.78 is 0. The summed E-state index contributed by atoms with van der Waals surface area (Å²) in [6.07, 6.45) is 0. The van der Waals surface area contributed by atoms with Gasteiger partial charge in [-0.3, -0.25) is 0 Å². The van der Waals surface area contributed by atoms with Gasteiger partial charge in [-0.15, -0.1) is 0 Å². The molecule has 128 valence electrons. The fraction of sp³-hybridized carbons (Fsp3) is 1.00. The Morgan fingerprint density at radius 2 is 0.429 bits per heavy atom. The summed E-state index contributed by atoms with van der Waals surface area (Å²) in [6.45, 7) is 24.1. The van der Waals surface area contributed by atoms with E-state index in [2.05, 4.69) is 21.3 Å². The minimum absolute atomic E-state index is 0. The van der Waals surface area contributed by atoms with Gasteiger partial charge in [-0.05, 0) is 0 Å². The quantitative estimate of drug-likeness (QED) is 0.533. The van der Waals surface area contributed by atoms with Crippen LogP contribution in [-0.2, 0) is 0 Å². The predicted octanol–water partition coefficient (Wildman–Crippen LogP) is 5.22. The summed E-state index contributed by atoms with van der Waals surface area (Å²) >= 11 is 0. The average Bonchev–Trinajstić information content (AvgIpc) is 2.44. The third-order valence-corrected chi connectivity index (χ3v) is 1.79. The van der Waals surface area contributed by atoms with E-state index in [1.54, 1.807) is 0 Å². The van der Waals surface area contributed by atoms with Crippen molar-refractivity contribution >= 4 is 17.6 Å². The van der Waals surface area contributed by atoms with E-state index >= 15 is 0 Å². The van der Waals surface area contributed by atoms with Crippen LogP contribution < -0.4 is 0 Å². The molecule has 0 aliphatic carbocycles. The summed E-state index contributed by atoms with van der Waals surface area (Å²) in [5.41, 5.74) is 0. The Morgan fingerprint density at radius 1 is 0.333 bits per heavy atom. The van der Waals surface area contributed by atoms with Crippen molar-refractivity contribution in [2.45, 2.75) is 55.4 Å². The zero-order valence-corrected chi connectivity index (χ0v) is 18.0. The topological polar surface area (TPSA) is 56.4 Å². The van der Waals surface area contributed by atoms with Crippen molar-refractivity contribution in [2.75, 3.05) is 52.4 Å². The van der Waals surface area contributed by atoms with Crippen LogP contribution in [0.1, 0.15) is 55.4 Å². The third-order valence-electron chi connectivity index (χ3n) is 1.79. The van der Waals surface area contributed by atoms with Crippen molar-refractivity contribution < 1.29 is 0 Å². The number of hydrogen-bond donors (Lipinski definition) is 0. The SMILES string of the molecule is CC[N-]CC.CC[N-]CC.CC[N-]CC.CC[N-]CC.[Ge+4]. The molecule has 0 aromatic carbocycles. The van der Waals surface area contributed by atoms with E-state index in [0.29, 0.717) is 0 Å². The fourth-order valence-corrected chi connectivity index (χ4v) is 0.894. The molecule has 0 aromatic heterocycles. The van der Waals surface area contributed by atoms with Gasteiger partial charge in [0.15, 0.2) is 0 Å². The Labute approximate surface area is 147 Å². The Hall–Kier alpha value is 0.383. The molecule has 0 amide bonds. The Balaban J connectivity index is -0.0000000533. The van der Waals surface area contributed by atoms with Gasteiger partial charge in [-0.2, -0.15) is 52.4 Å². The summed E-state index contributed by atoms with van der Waals surface area (Å²) in [4.78, 5) is 0. The molecule has 5 heteroatoms. The van der Waals surface area contributed by atoms with Gasteiger partial charge in [-0.1, -0.05) is 55.4 Å². The molecule has 21 heavy (non-hydrogen) atoms. The first-order valence-corrected chi connectivity index (χ1v) is 8.19. The molecule has 0 aliphatic heterocycles. The maximum Gasteiger partial charge on any atom is 4.00 e. The maximum atomic E-state index is 3.97. The Kier molecular flexibility index (Phi) is 78.7. The van der Waals surface area contributed by atoms with Crippen molar-refractivity contribution in [3.8, 4) is 0 Å². The number of hydrogen-bond acceptors (Lipinski definition) is 0. The monoisotopic (exact) mass is 362 g/mol. The Bertz CT molecular complexity index is 74.3. The van der Waals surface area contributed by atoms with Crippen LogP contribution in [0.25, 0.3) is 21.3 Å². The van der Waals surface area contributed by atoms with Crippen LogP contribution in [0.15, 0.2) is 0 Å². The van der Waals surface area contributed by atoms with Gasteiger partial charge in [0.05, 0.1) is 0 Å². The minimum Gasteiger partial charge on any atom is -0.663 e. The zero-order chi connectivity index (χ0) is 16.5. The van der Waals surface area contributed by atoms with E-state index in [1.807, 2.05) is 55.4 Å². The summed E-state index contributed by atoms with van der Waals surface area (Å²) in [6, 6.07) is 0. The molecule has 0 heterocycles. The molecule has 0 radical (unpaired) electrons. The van der Waals surface area contributed by atoms with E-state index in [0.717, 1.165) is 52.4 Å². The van der Waals surface area contributed by atoms with Gasteiger partial charge in [0.1, 0.15) is 0 Å². The largest absolute Gasteiger partial charge is 4.00 e. The molecule has 0 saturated heterocycles. The molecule has 4 nitrogen and oxygen atoms in total. The smallest absolute Gasteiger partial charge is 0.663 e. The number of rotatable bonds is 8. The molecule has 0 rings (SSSR count). The van der Waals surface area contributed by atoms with Crippen molar-refractivity contribution in [3.63, 3.8) is 0 Å². The first kappa shape index (κ1) is 33.1. The van der Waals surface area contributed by atoms with Crippen LogP contribution >= 0.6 is 0 Å². The zero-order valence-electron chi connectivity index (χ0n) is 15.9. The van der Waals surface area contributed by atoms with Crippen LogP contribution in [-0.4, -0.2) is 70.0 Å². The van der Waals surface area contributed by atoms with Crippen LogP contribution in [0.4, 0.5) is 0 Å². The van der Waals surface area contributed by atoms with Gasteiger partial charge in [0, 0.05) is 0 Å². The summed E-state index contributed by atoms with van der Waals surface area (Å²) in [5.74, 6) is 0. The molecule has 0 spiro atoms. The second-order valence-electron chi connectivity index (χ2n) is 3.42. The van der Waals surface area contributed by atoms with Crippen LogP contribution in [0.2, 0.25) is 0 Å². The maximum absolute atomic E-state index is 3.97. The Morgan fingerprint density at radius 3 is 0.429 bits per heavy atom. The van der Waals surface area contributed by atoms with Crippen molar-refractivity contribution in [1.29, 1.82) is 0 Å². The summed E-state index contributed by atoms with van der Waals surface area (Å²) in [7, 11) is 0. The number of nitrogens with zero attached hydrogens (tertiary/aromatic N) is 4. The average molecular weight is 361 g/mol. The van der Waals surface area contributed by atoms with Crippen molar-refractivity contribution in [2.24, 2.45) is 0 Å². The van der Waals surface area contributed by atoms with Crippen molar-refractivity contribution in [1.82, 2.24) is 0 Å². The second-order valence-corrected chi connectivity index (χ2v) is 3.42. The van der Waals surface area contributed by atoms with Gasteiger partial charge < -0.3 is 21.3 Å². The van der Waals surface area contributed by atoms with Gasteiger partial charge in [-0.25, -0.2) is 0 Å². The van der Waals surface area contributed by atoms with E-state index in [-0.39, 0.29) is 17.6 Å². The summed E-state index contributed by atoms with van der Waals surface area (Å²) in [5, 5.41) is 15.9. The first-order chi connectivity index (χ1) is 9.66. The van der Waals surface area contributed by atoms with E-state index < -0.39 is 0 Å². The molecule has 0 fully saturated rings. The molecular weight excluding hydrogens is 321 g/mol. The molecule has 0 bridgehead atoms.